The van der Waals surface area contributed by atoms with Crippen molar-refractivity contribution < 1.29 is 18.5 Å². The molecule has 5 rings (SSSR count). The van der Waals surface area contributed by atoms with E-state index in [2.05, 4.69) is 78.2 Å². The molecule has 2 aromatic carbocycles. The molecule has 0 saturated carbocycles. The lowest BCUT2D eigenvalue weighted by atomic mass is 10.00. The van der Waals surface area contributed by atoms with Gasteiger partial charge in [-0.25, -0.2) is 9.97 Å². The van der Waals surface area contributed by atoms with Gasteiger partial charge in [0.15, 0.2) is 0 Å². The van der Waals surface area contributed by atoms with E-state index in [0.29, 0.717) is 47.6 Å². The van der Waals surface area contributed by atoms with Crippen molar-refractivity contribution in [2.75, 3.05) is 43.1 Å². The second-order valence-corrected chi connectivity index (χ2v) is 14.2. The van der Waals surface area contributed by atoms with Crippen molar-refractivity contribution in [1.82, 2.24) is 14.5 Å². The number of fused-ring (bicyclic) bond motifs is 1. The fourth-order valence-corrected chi connectivity index (χ4v) is 6.86. The van der Waals surface area contributed by atoms with E-state index in [1.165, 1.54) is 0 Å². The molecule has 1 aliphatic heterocycles. The fraction of sp³-hybridized carbons (Fsp3) is 0.410. The second-order valence-electron chi connectivity index (χ2n) is 12.8. The monoisotopic (exact) mass is 683 g/mol. The minimum Gasteiger partial charge on any atom is -0.491 e. The van der Waals surface area contributed by atoms with Crippen LogP contribution in [0.5, 0.6) is 5.75 Å². The summed E-state index contributed by atoms with van der Waals surface area (Å²) in [5.41, 5.74) is 6.46. The van der Waals surface area contributed by atoms with Gasteiger partial charge in [0.25, 0.3) is 5.91 Å². The third-order valence-corrected chi connectivity index (χ3v) is 9.59. The Balaban J connectivity index is 1.28. The van der Waals surface area contributed by atoms with Gasteiger partial charge in [0.1, 0.15) is 17.4 Å². The number of carbonyl (C=O) groups is 1. The average molecular weight is 684 g/mol. The summed E-state index contributed by atoms with van der Waals surface area (Å²) >= 11 is 0. The van der Waals surface area contributed by atoms with Crippen LogP contribution in [0.2, 0.25) is 0 Å². The van der Waals surface area contributed by atoms with Gasteiger partial charge in [-0.1, -0.05) is 52.3 Å². The Labute approximate surface area is 293 Å². The number of hydrogen-bond acceptors (Lipinski definition) is 7. The van der Waals surface area contributed by atoms with Crippen LogP contribution in [0.1, 0.15) is 64.6 Å². The van der Waals surface area contributed by atoms with E-state index < -0.39 is 10.8 Å². The molecule has 10 heteroatoms. The molecule has 3 heterocycles. The number of imidazole rings is 1. The van der Waals surface area contributed by atoms with E-state index in [0.717, 1.165) is 79.3 Å². The van der Waals surface area contributed by atoms with Gasteiger partial charge in [0, 0.05) is 43.7 Å². The number of nitrogens with one attached hydrogen (secondary N) is 1. The Bertz CT molecular complexity index is 1720. The van der Waals surface area contributed by atoms with Gasteiger partial charge in [0.05, 0.1) is 47.1 Å². The first-order chi connectivity index (χ1) is 23.8. The van der Waals surface area contributed by atoms with Crippen LogP contribution in [-0.2, 0) is 32.6 Å². The summed E-state index contributed by atoms with van der Waals surface area (Å²) in [6.07, 6.45) is 10.9. The molecule has 1 N–H and O–H groups in total. The van der Waals surface area contributed by atoms with Gasteiger partial charge in [-0.15, -0.1) is 0 Å². The first-order valence-electron chi connectivity index (χ1n) is 17.4. The Kier molecular flexibility index (Phi) is 13.2. The van der Waals surface area contributed by atoms with Crippen molar-refractivity contribution in [2.45, 2.75) is 70.7 Å². The van der Waals surface area contributed by atoms with Crippen molar-refractivity contribution in [3.8, 4) is 16.9 Å². The zero-order valence-corrected chi connectivity index (χ0v) is 30.0. The maximum Gasteiger partial charge on any atom is 0.251 e. The largest absolute Gasteiger partial charge is 0.491 e. The highest BCUT2D eigenvalue weighted by Gasteiger charge is 2.21. The summed E-state index contributed by atoms with van der Waals surface area (Å²) in [6.45, 7) is 13.0. The SMILES string of the molecule is CCCCOCCOc1ccc(-c2ccc3c(c2)C=C(C(=O)Nc2ccc(S(=O)Cc4cncn4CCC)nc2)CCN3CC(C)C)cc1. The molecule has 0 radical (unpaired) electrons. The number of benzene rings is 2. The number of carbonyl (C=O) groups excluding carboxylic acids is 1. The molecule has 4 aromatic rings. The van der Waals surface area contributed by atoms with Crippen LogP contribution >= 0.6 is 0 Å². The van der Waals surface area contributed by atoms with E-state index >= 15 is 0 Å². The number of amides is 1. The summed E-state index contributed by atoms with van der Waals surface area (Å²) in [7, 11) is -1.32. The highest BCUT2D eigenvalue weighted by atomic mass is 32.2. The first-order valence-corrected chi connectivity index (χ1v) is 18.7. The van der Waals surface area contributed by atoms with Crippen molar-refractivity contribution in [3.05, 3.63) is 90.1 Å². The Morgan fingerprint density at radius 1 is 0.980 bits per heavy atom. The number of ether oxygens (including phenoxy) is 2. The molecule has 1 amide bonds. The topological polar surface area (TPSA) is 98.6 Å². The minimum absolute atomic E-state index is 0.165. The molecule has 0 spiro atoms. The third-order valence-electron chi connectivity index (χ3n) is 8.32. The molecule has 0 saturated heterocycles. The normalized spacial score (nSPS) is 13.5. The number of pyridine rings is 1. The van der Waals surface area contributed by atoms with Crippen LogP contribution in [0.25, 0.3) is 17.2 Å². The molecule has 0 bridgehead atoms. The molecular weight excluding hydrogens is 635 g/mol. The Hall–Kier alpha value is -4.28. The van der Waals surface area contributed by atoms with Gasteiger partial charge in [-0.3, -0.25) is 9.00 Å². The van der Waals surface area contributed by atoms with E-state index in [1.807, 2.05) is 22.8 Å². The lowest BCUT2D eigenvalue weighted by Crippen LogP contribution is -2.29. The van der Waals surface area contributed by atoms with Crippen molar-refractivity contribution >= 4 is 34.2 Å². The zero-order valence-electron chi connectivity index (χ0n) is 29.2. The predicted molar refractivity (Wildman–Crippen MR) is 198 cm³/mol. The third kappa shape index (κ3) is 10.1. The number of hydrogen-bond donors (Lipinski definition) is 1. The van der Waals surface area contributed by atoms with Gasteiger partial charge >= 0.3 is 0 Å². The summed E-state index contributed by atoms with van der Waals surface area (Å²) in [6, 6.07) is 18.1. The van der Waals surface area contributed by atoms with Crippen LogP contribution in [0, 0.1) is 5.92 Å². The average Bonchev–Trinajstić information content (AvgIpc) is 3.45. The highest BCUT2D eigenvalue weighted by molar-refractivity contribution is 7.84. The van der Waals surface area contributed by atoms with Crippen molar-refractivity contribution in [2.24, 2.45) is 5.92 Å². The van der Waals surface area contributed by atoms with E-state index in [1.54, 1.807) is 30.9 Å². The highest BCUT2D eigenvalue weighted by Crippen LogP contribution is 2.34. The van der Waals surface area contributed by atoms with Crippen LogP contribution < -0.4 is 15.0 Å². The summed E-state index contributed by atoms with van der Waals surface area (Å²) in [5, 5.41) is 3.49. The molecule has 1 aliphatic rings. The Morgan fingerprint density at radius 2 is 1.80 bits per heavy atom. The zero-order chi connectivity index (χ0) is 34.6. The van der Waals surface area contributed by atoms with Gasteiger partial charge in [-0.05, 0) is 84.3 Å². The molecule has 0 aliphatic carbocycles. The fourth-order valence-electron chi connectivity index (χ4n) is 5.81. The quantitative estimate of drug-likeness (QED) is 0.114. The molecule has 1 atom stereocenters. The predicted octanol–water partition coefficient (Wildman–Crippen LogP) is 7.75. The minimum atomic E-state index is -1.32. The number of rotatable bonds is 17. The number of aryl methyl sites for hydroxylation is 1. The molecule has 2 aromatic heterocycles. The summed E-state index contributed by atoms with van der Waals surface area (Å²) in [4.78, 5) is 24.6. The van der Waals surface area contributed by atoms with Crippen LogP contribution in [0.4, 0.5) is 11.4 Å². The van der Waals surface area contributed by atoms with Crippen molar-refractivity contribution in [3.63, 3.8) is 0 Å². The molecule has 260 valence electrons. The number of aromatic nitrogens is 3. The van der Waals surface area contributed by atoms with E-state index in [-0.39, 0.29) is 5.91 Å². The van der Waals surface area contributed by atoms with Gasteiger partial charge in [-0.2, -0.15) is 0 Å². The summed E-state index contributed by atoms with van der Waals surface area (Å²) < 4.78 is 26.5. The van der Waals surface area contributed by atoms with Crippen LogP contribution in [0.3, 0.4) is 0 Å². The molecule has 0 fully saturated rings. The molecule has 9 nitrogen and oxygen atoms in total. The molecule has 49 heavy (non-hydrogen) atoms. The molecule has 1 unspecified atom stereocenters. The number of unbranched alkanes of at least 4 members (excludes halogenated alkanes) is 1. The van der Waals surface area contributed by atoms with E-state index in [9.17, 15) is 9.00 Å². The second kappa shape index (κ2) is 17.9. The standard InChI is InChI=1S/C39H49N5O4S/c1-5-7-19-47-20-21-48-36-12-8-30(9-13-36)31-10-14-37-33(22-31)23-32(16-18-43(37)26-29(3)4)39(45)42-34-11-15-38(41-24-34)49(46)27-35-25-40-28-44(35)17-6-2/h8-15,22-25,28-29H,5-7,16-21,26-27H2,1-4H3,(H,42,45). The van der Waals surface area contributed by atoms with Crippen LogP contribution in [0.15, 0.2) is 83.9 Å². The summed E-state index contributed by atoms with van der Waals surface area (Å²) in [5.74, 6) is 1.46. The lowest BCUT2D eigenvalue weighted by Gasteiger charge is -2.27. The smallest absolute Gasteiger partial charge is 0.251 e. The number of nitrogens with zero attached hydrogens (tertiary/aromatic N) is 4. The van der Waals surface area contributed by atoms with Crippen LogP contribution in [-0.4, -0.2) is 57.6 Å². The maximum absolute atomic E-state index is 13.6. The van der Waals surface area contributed by atoms with Gasteiger partial charge < -0.3 is 24.3 Å². The lowest BCUT2D eigenvalue weighted by molar-refractivity contribution is -0.112. The Morgan fingerprint density at radius 3 is 2.53 bits per heavy atom. The first kappa shape index (κ1) is 36.0. The van der Waals surface area contributed by atoms with Gasteiger partial charge in [0.2, 0.25) is 0 Å². The molecular formula is C39H49N5O4S. The van der Waals surface area contributed by atoms with E-state index in [4.69, 9.17) is 9.47 Å². The number of anilines is 2. The van der Waals surface area contributed by atoms with Crippen molar-refractivity contribution in [1.29, 1.82) is 0 Å². The maximum atomic E-state index is 13.6.